The molecule has 5 rings (SSSR count). The molecule has 2 N–H and O–H groups in total. The Morgan fingerprint density at radius 2 is 1.84 bits per heavy atom. The van der Waals surface area contributed by atoms with Crippen LogP contribution in [-0.2, 0) is 0 Å². The van der Waals surface area contributed by atoms with E-state index in [1.165, 1.54) is 12.1 Å². The van der Waals surface area contributed by atoms with Gasteiger partial charge < -0.3 is 19.7 Å². The molecule has 3 aromatic carbocycles. The highest BCUT2D eigenvalue weighted by Gasteiger charge is 2.31. The van der Waals surface area contributed by atoms with Crippen LogP contribution in [-0.4, -0.2) is 47.5 Å². The van der Waals surface area contributed by atoms with Crippen molar-refractivity contribution in [3.05, 3.63) is 82.9 Å². The summed E-state index contributed by atoms with van der Waals surface area (Å²) in [5.74, 6) is -1.94. The SMILES string of the molecule is CC1=C(c2cc(O)c(F)c(F)c2)C(c2ccc(OC[C@H](C)N3CC[C@@H](CF)C3)cc2)Oc2ccc(O)cc21. The Labute approximate surface area is 219 Å². The van der Waals surface area contributed by atoms with E-state index in [9.17, 15) is 23.4 Å². The lowest BCUT2D eigenvalue weighted by atomic mass is 9.86. The van der Waals surface area contributed by atoms with Crippen molar-refractivity contribution < 1.29 is 32.9 Å². The summed E-state index contributed by atoms with van der Waals surface area (Å²) in [7, 11) is 0. The van der Waals surface area contributed by atoms with Crippen LogP contribution in [0.5, 0.6) is 23.0 Å². The fourth-order valence-corrected chi connectivity index (χ4v) is 5.22. The highest BCUT2D eigenvalue weighted by molar-refractivity contribution is 5.96. The Hall–Kier alpha value is -3.65. The average Bonchev–Trinajstić information content (AvgIpc) is 3.40. The largest absolute Gasteiger partial charge is 0.508 e. The van der Waals surface area contributed by atoms with Crippen molar-refractivity contribution in [2.45, 2.75) is 32.4 Å². The molecule has 3 aromatic rings. The van der Waals surface area contributed by atoms with E-state index in [4.69, 9.17) is 9.47 Å². The van der Waals surface area contributed by atoms with Crippen LogP contribution in [0.25, 0.3) is 11.1 Å². The van der Waals surface area contributed by atoms with Crippen LogP contribution in [0.15, 0.2) is 54.6 Å². The van der Waals surface area contributed by atoms with Gasteiger partial charge in [0.2, 0.25) is 0 Å². The molecule has 3 atom stereocenters. The molecule has 1 unspecified atom stereocenters. The smallest absolute Gasteiger partial charge is 0.200 e. The van der Waals surface area contributed by atoms with E-state index in [2.05, 4.69) is 11.8 Å². The number of benzene rings is 3. The number of phenolic OH excluding ortho intramolecular Hbond substituents is 2. The van der Waals surface area contributed by atoms with Crippen molar-refractivity contribution in [1.29, 1.82) is 0 Å². The third kappa shape index (κ3) is 5.05. The molecule has 2 aliphatic rings. The molecule has 0 spiro atoms. The second-order valence-corrected chi connectivity index (χ2v) is 10.0. The van der Waals surface area contributed by atoms with Crippen molar-refractivity contribution in [2.24, 2.45) is 5.92 Å². The van der Waals surface area contributed by atoms with Crippen LogP contribution in [0.4, 0.5) is 13.2 Å². The number of hydrogen-bond acceptors (Lipinski definition) is 5. The first-order valence-corrected chi connectivity index (χ1v) is 12.7. The van der Waals surface area contributed by atoms with Crippen LogP contribution >= 0.6 is 0 Å². The molecule has 8 heteroatoms. The summed E-state index contributed by atoms with van der Waals surface area (Å²) in [5, 5.41) is 20.0. The van der Waals surface area contributed by atoms with Gasteiger partial charge in [0.1, 0.15) is 30.0 Å². The van der Waals surface area contributed by atoms with Crippen molar-refractivity contribution in [2.75, 3.05) is 26.4 Å². The summed E-state index contributed by atoms with van der Waals surface area (Å²) in [4.78, 5) is 2.24. The molecule has 0 aromatic heterocycles. The number of aromatic hydroxyl groups is 2. The highest BCUT2D eigenvalue weighted by Crippen LogP contribution is 2.48. The van der Waals surface area contributed by atoms with Gasteiger partial charge in [-0.2, -0.15) is 4.39 Å². The molecule has 2 aliphatic heterocycles. The number of rotatable bonds is 7. The molecule has 0 bridgehead atoms. The van der Waals surface area contributed by atoms with E-state index in [0.717, 1.165) is 31.1 Å². The zero-order chi connectivity index (χ0) is 27.0. The van der Waals surface area contributed by atoms with E-state index in [0.29, 0.717) is 34.8 Å². The maximum absolute atomic E-state index is 14.3. The summed E-state index contributed by atoms with van der Waals surface area (Å²) in [5.41, 5.74) is 2.86. The van der Waals surface area contributed by atoms with Crippen LogP contribution in [0, 0.1) is 17.6 Å². The van der Waals surface area contributed by atoms with Gasteiger partial charge in [0.05, 0.1) is 6.67 Å². The number of halogens is 3. The fraction of sp³-hybridized carbons (Fsp3) is 0.333. The Balaban J connectivity index is 1.42. The first kappa shape index (κ1) is 26.0. The fourth-order valence-electron chi connectivity index (χ4n) is 5.22. The Morgan fingerprint density at radius 3 is 2.53 bits per heavy atom. The third-order valence-electron chi connectivity index (χ3n) is 7.43. The van der Waals surface area contributed by atoms with E-state index >= 15 is 0 Å². The number of nitrogens with zero attached hydrogens (tertiary/aromatic N) is 1. The van der Waals surface area contributed by atoms with Crippen LogP contribution in [0.2, 0.25) is 0 Å². The maximum atomic E-state index is 14.3. The van der Waals surface area contributed by atoms with Gasteiger partial charge in [-0.05, 0) is 86.0 Å². The number of ether oxygens (including phenoxy) is 2. The first-order chi connectivity index (χ1) is 18.2. The highest BCUT2D eigenvalue weighted by atomic mass is 19.2. The molecule has 200 valence electrons. The monoisotopic (exact) mass is 525 g/mol. The van der Waals surface area contributed by atoms with Gasteiger partial charge >= 0.3 is 0 Å². The quantitative estimate of drug-likeness (QED) is 0.369. The van der Waals surface area contributed by atoms with Crippen molar-refractivity contribution in [1.82, 2.24) is 4.90 Å². The predicted octanol–water partition coefficient (Wildman–Crippen LogP) is 6.50. The van der Waals surface area contributed by atoms with Gasteiger partial charge in [0, 0.05) is 29.6 Å². The maximum Gasteiger partial charge on any atom is 0.200 e. The summed E-state index contributed by atoms with van der Waals surface area (Å²) in [6.45, 7) is 5.66. The second kappa shape index (κ2) is 10.6. The molecular weight excluding hydrogens is 495 g/mol. The van der Waals surface area contributed by atoms with Crippen molar-refractivity contribution in [3.63, 3.8) is 0 Å². The van der Waals surface area contributed by atoms with Gasteiger partial charge in [-0.15, -0.1) is 0 Å². The van der Waals surface area contributed by atoms with E-state index < -0.39 is 23.5 Å². The second-order valence-electron chi connectivity index (χ2n) is 10.0. The van der Waals surface area contributed by atoms with E-state index in [1.54, 1.807) is 12.1 Å². The Kier molecular flexibility index (Phi) is 7.25. The number of fused-ring (bicyclic) bond motifs is 1. The lowest BCUT2D eigenvalue weighted by Crippen LogP contribution is -2.35. The molecular formula is C30H30F3NO4. The Bertz CT molecular complexity index is 1340. The molecule has 1 fully saturated rings. The Morgan fingerprint density at radius 1 is 1.08 bits per heavy atom. The molecule has 1 saturated heterocycles. The number of likely N-dealkylation sites (tertiary alicyclic amines) is 1. The molecule has 0 saturated carbocycles. The molecule has 38 heavy (non-hydrogen) atoms. The van der Waals surface area contributed by atoms with E-state index in [1.807, 2.05) is 31.2 Å². The number of hydrogen-bond donors (Lipinski definition) is 2. The molecule has 0 amide bonds. The molecule has 0 aliphatic carbocycles. The topological polar surface area (TPSA) is 62.2 Å². The number of alkyl halides is 1. The predicted molar refractivity (Wildman–Crippen MR) is 139 cm³/mol. The van der Waals surface area contributed by atoms with E-state index in [-0.39, 0.29) is 29.9 Å². The van der Waals surface area contributed by atoms with Gasteiger partial charge in [0.15, 0.2) is 17.4 Å². The molecule has 2 heterocycles. The summed E-state index contributed by atoms with van der Waals surface area (Å²) in [6, 6.07) is 14.4. The van der Waals surface area contributed by atoms with Crippen molar-refractivity contribution >= 4 is 11.1 Å². The van der Waals surface area contributed by atoms with Gasteiger partial charge in [-0.3, -0.25) is 9.29 Å². The zero-order valence-corrected chi connectivity index (χ0v) is 21.3. The van der Waals surface area contributed by atoms with Crippen LogP contribution in [0.3, 0.4) is 0 Å². The first-order valence-electron chi connectivity index (χ1n) is 12.7. The average molecular weight is 526 g/mol. The molecule has 5 nitrogen and oxygen atoms in total. The standard InChI is InChI=1S/C30H30F3NO4/c1-17(34-10-9-19(14-31)15-34)16-37-23-6-3-20(4-7-23)30-28(21-11-25(32)29(33)26(36)12-21)18(2)24-13-22(35)5-8-27(24)38-30/h3-8,11-13,17,19,30,35-36H,9-10,14-16H2,1-2H3/t17-,19-,30?/m0/s1. The summed E-state index contributed by atoms with van der Waals surface area (Å²) >= 11 is 0. The van der Waals surface area contributed by atoms with Gasteiger partial charge in [-0.1, -0.05) is 12.1 Å². The minimum absolute atomic E-state index is 0.0440. The van der Waals surface area contributed by atoms with Crippen LogP contribution in [0.1, 0.15) is 43.1 Å². The number of allylic oxidation sites excluding steroid dienone is 1. The number of phenols is 2. The van der Waals surface area contributed by atoms with Gasteiger partial charge in [-0.25, -0.2) is 4.39 Å². The normalized spacial score (nSPS) is 20.2. The van der Waals surface area contributed by atoms with Gasteiger partial charge in [0.25, 0.3) is 0 Å². The zero-order valence-electron chi connectivity index (χ0n) is 21.3. The lowest BCUT2D eigenvalue weighted by Gasteiger charge is -2.31. The lowest BCUT2D eigenvalue weighted by molar-refractivity contribution is 0.165. The summed E-state index contributed by atoms with van der Waals surface area (Å²) < 4.78 is 53.4. The minimum Gasteiger partial charge on any atom is -0.508 e. The van der Waals surface area contributed by atoms with Crippen molar-refractivity contribution in [3.8, 4) is 23.0 Å². The molecule has 0 radical (unpaired) electrons. The van der Waals surface area contributed by atoms with Crippen LogP contribution < -0.4 is 9.47 Å². The summed E-state index contributed by atoms with van der Waals surface area (Å²) in [6.07, 6.45) is 0.177. The minimum atomic E-state index is -1.32. The third-order valence-corrected chi connectivity index (χ3v) is 7.43.